The quantitative estimate of drug-likeness (QED) is 0.582. The van der Waals surface area contributed by atoms with Crippen LogP contribution in [0.15, 0.2) is 34.9 Å². The molecule has 2 aliphatic heterocycles. The van der Waals surface area contributed by atoms with Crippen LogP contribution < -0.4 is 5.73 Å². The third-order valence-electron chi connectivity index (χ3n) is 7.11. The molecule has 2 saturated heterocycles. The van der Waals surface area contributed by atoms with Crippen molar-refractivity contribution < 1.29 is 17.6 Å². The van der Waals surface area contributed by atoms with Crippen LogP contribution >= 0.6 is 0 Å². The van der Waals surface area contributed by atoms with E-state index in [0.29, 0.717) is 29.7 Å². The molecule has 1 aromatic carbocycles. The molecule has 0 aliphatic carbocycles. The van der Waals surface area contributed by atoms with Gasteiger partial charge in [-0.25, -0.2) is 8.42 Å². The van der Waals surface area contributed by atoms with E-state index in [1.54, 1.807) is 6.07 Å². The fourth-order valence-corrected chi connectivity index (χ4v) is 6.75. The lowest BCUT2D eigenvalue weighted by molar-refractivity contribution is 0.100. The minimum Gasteiger partial charge on any atom is -0.460 e. The predicted octanol–water partition coefficient (Wildman–Crippen LogP) is 4.20. The first-order chi connectivity index (χ1) is 15.9. The second-order valence-electron chi connectivity index (χ2n) is 9.44. The molecule has 0 unspecified atom stereocenters. The number of carbonyl (C=O) groups is 1. The van der Waals surface area contributed by atoms with Crippen molar-refractivity contribution in [2.45, 2.75) is 51.0 Å². The maximum absolute atomic E-state index is 12.3. The number of carbonyl (C=O) groups excluding carboxylic acids is 1. The molecule has 0 spiro atoms. The zero-order valence-corrected chi connectivity index (χ0v) is 19.6. The van der Waals surface area contributed by atoms with Crippen LogP contribution in [0.4, 0.5) is 0 Å². The number of sulfone groups is 1. The molecule has 0 bridgehead atoms. The topological polar surface area (TPSA) is 109 Å². The van der Waals surface area contributed by atoms with Crippen LogP contribution in [0.1, 0.15) is 66.1 Å². The molecule has 2 aliphatic rings. The first-order valence-electron chi connectivity index (χ1n) is 11.9. The summed E-state index contributed by atoms with van der Waals surface area (Å²) in [5.41, 5.74) is 8.69. The summed E-state index contributed by atoms with van der Waals surface area (Å²) in [5, 5.41) is 0.913. The summed E-state index contributed by atoms with van der Waals surface area (Å²) >= 11 is 0. The summed E-state index contributed by atoms with van der Waals surface area (Å²) in [6.45, 7) is 2.98. The standard InChI is InChI=1S/C25H31N3O4S/c26-25(29)21-14-18(23-6-5-19(32-23)16-28-9-3-1-2-4-10-28)13-20-22(15-27-24(20)21)17-7-11-33(30,31)12-8-17/h5-6,13-15,17,27H,1-4,7-12,16H2,(H2,26,29). The number of amides is 1. The highest BCUT2D eigenvalue weighted by Crippen LogP contribution is 2.37. The van der Waals surface area contributed by atoms with Crippen molar-refractivity contribution in [3.05, 3.63) is 47.3 Å². The summed E-state index contributed by atoms with van der Waals surface area (Å²) in [6, 6.07) is 7.78. The first kappa shape index (κ1) is 22.2. The lowest BCUT2D eigenvalue weighted by Crippen LogP contribution is -2.23. The van der Waals surface area contributed by atoms with E-state index in [2.05, 4.69) is 9.88 Å². The van der Waals surface area contributed by atoms with Gasteiger partial charge in [0.05, 0.1) is 29.1 Å². The number of benzene rings is 1. The molecule has 0 radical (unpaired) electrons. The largest absolute Gasteiger partial charge is 0.460 e. The molecule has 3 aromatic rings. The normalized spacial score (nSPS) is 20.1. The third kappa shape index (κ3) is 4.73. The Labute approximate surface area is 194 Å². The van der Waals surface area contributed by atoms with Crippen molar-refractivity contribution in [2.24, 2.45) is 5.73 Å². The highest BCUT2D eigenvalue weighted by atomic mass is 32.2. The molecule has 0 saturated carbocycles. The number of aromatic amines is 1. The van der Waals surface area contributed by atoms with E-state index in [0.717, 1.165) is 41.9 Å². The van der Waals surface area contributed by atoms with Crippen LogP contribution in [0.3, 0.4) is 0 Å². The number of H-pyrrole nitrogens is 1. The predicted molar refractivity (Wildman–Crippen MR) is 129 cm³/mol. The smallest absolute Gasteiger partial charge is 0.250 e. The highest BCUT2D eigenvalue weighted by molar-refractivity contribution is 7.91. The minimum atomic E-state index is -2.95. The van der Waals surface area contributed by atoms with Gasteiger partial charge in [-0.3, -0.25) is 9.69 Å². The summed E-state index contributed by atoms with van der Waals surface area (Å²) in [5.74, 6) is 1.66. The molecule has 1 amide bonds. The van der Waals surface area contributed by atoms with Gasteiger partial charge in [-0.15, -0.1) is 0 Å². The Kier molecular flexibility index (Phi) is 6.05. The Bertz CT molecular complexity index is 1250. The number of fused-ring (bicyclic) bond motifs is 1. The van der Waals surface area contributed by atoms with E-state index >= 15 is 0 Å². The van der Waals surface area contributed by atoms with Crippen molar-refractivity contribution in [1.82, 2.24) is 9.88 Å². The number of rotatable bonds is 5. The van der Waals surface area contributed by atoms with Gasteiger partial charge in [0.15, 0.2) is 0 Å². The van der Waals surface area contributed by atoms with E-state index in [4.69, 9.17) is 10.2 Å². The van der Waals surface area contributed by atoms with Gasteiger partial charge >= 0.3 is 0 Å². The van der Waals surface area contributed by atoms with Crippen LogP contribution in [0, 0.1) is 0 Å². The molecule has 0 atom stereocenters. The van der Waals surface area contributed by atoms with E-state index in [9.17, 15) is 13.2 Å². The summed E-state index contributed by atoms with van der Waals surface area (Å²) in [6.07, 6.45) is 8.12. The first-order valence-corrected chi connectivity index (χ1v) is 13.7. The Hall–Kier alpha value is -2.58. The van der Waals surface area contributed by atoms with Gasteiger partial charge in [-0.2, -0.15) is 0 Å². The maximum atomic E-state index is 12.3. The van der Waals surface area contributed by atoms with Gasteiger partial charge in [-0.05, 0) is 74.5 Å². The molecule has 4 heterocycles. The van der Waals surface area contributed by atoms with Gasteiger partial charge in [0.2, 0.25) is 0 Å². The summed E-state index contributed by atoms with van der Waals surface area (Å²) in [7, 11) is -2.95. The number of nitrogens with two attached hydrogens (primary N) is 1. The lowest BCUT2D eigenvalue weighted by atomic mass is 9.91. The van der Waals surface area contributed by atoms with Crippen molar-refractivity contribution in [3.63, 3.8) is 0 Å². The number of primary amides is 1. The zero-order valence-electron chi connectivity index (χ0n) is 18.8. The second-order valence-corrected chi connectivity index (χ2v) is 11.7. The molecule has 8 heteroatoms. The monoisotopic (exact) mass is 469 g/mol. The van der Waals surface area contributed by atoms with Crippen LogP contribution in [0.25, 0.3) is 22.2 Å². The van der Waals surface area contributed by atoms with Gasteiger partial charge in [0.25, 0.3) is 5.91 Å². The van der Waals surface area contributed by atoms with Crippen molar-refractivity contribution in [2.75, 3.05) is 24.6 Å². The Morgan fingerprint density at radius 2 is 1.82 bits per heavy atom. The number of aromatic nitrogens is 1. The number of hydrogen-bond acceptors (Lipinski definition) is 5. The van der Waals surface area contributed by atoms with Crippen molar-refractivity contribution in [1.29, 1.82) is 0 Å². The second kappa shape index (κ2) is 8.99. The van der Waals surface area contributed by atoms with E-state index in [1.807, 2.05) is 24.4 Å². The number of furan rings is 1. The van der Waals surface area contributed by atoms with Gasteiger partial charge in [0, 0.05) is 17.1 Å². The lowest BCUT2D eigenvalue weighted by Gasteiger charge is -2.21. The van der Waals surface area contributed by atoms with Crippen LogP contribution in [-0.4, -0.2) is 48.8 Å². The average molecular weight is 470 g/mol. The fraction of sp³-hybridized carbons (Fsp3) is 0.480. The molecule has 7 nitrogen and oxygen atoms in total. The molecular formula is C25H31N3O4S. The molecular weight excluding hydrogens is 438 g/mol. The number of nitrogens with zero attached hydrogens (tertiary/aromatic N) is 1. The van der Waals surface area contributed by atoms with Crippen molar-refractivity contribution in [3.8, 4) is 11.3 Å². The molecule has 2 aromatic heterocycles. The zero-order chi connectivity index (χ0) is 23.0. The molecule has 2 fully saturated rings. The maximum Gasteiger partial charge on any atom is 0.250 e. The molecule has 176 valence electrons. The summed E-state index contributed by atoms with van der Waals surface area (Å²) < 4.78 is 30.0. The number of likely N-dealkylation sites (tertiary alicyclic amines) is 1. The van der Waals surface area contributed by atoms with Crippen LogP contribution in [0.5, 0.6) is 0 Å². The Balaban J connectivity index is 1.47. The number of nitrogens with one attached hydrogen (secondary N) is 1. The van der Waals surface area contributed by atoms with Gasteiger partial charge in [0.1, 0.15) is 21.4 Å². The van der Waals surface area contributed by atoms with Crippen LogP contribution in [0.2, 0.25) is 0 Å². The number of hydrogen-bond donors (Lipinski definition) is 2. The van der Waals surface area contributed by atoms with Gasteiger partial charge in [-0.1, -0.05) is 12.8 Å². The molecule has 5 rings (SSSR count). The van der Waals surface area contributed by atoms with Crippen LogP contribution in [-0.2, 0) is 16.4 Å². The third-order valence-corrected chi connectivity index (χ3v) is 8.82. The van der Waals surface area contributed by atoms with E-state index in [1.165, 1.54) is 25.7 Å². The molecule has 33 heavy (non-hydrogen) atoms. The SMILES string of the molecule is NC(=O)c1cc(-c2ccc(CN3CCCCCC3)o2)cc2c(C3CCS(=O)(=O)CC3)c[nH]c12. The van der Waals surface area contributed by atoms with E-state index < -0.39 is 15.7 Å². The summed E-state index contributed by atoms with van der Waals surface area (Å²) in [4.78, 5) is 17.9. The van der Waals surface area contributed by atoms with Gasteiger partial charge < -0.3 is 15.1 Å². The molecule has 3 N–H and O–H groups in total. The highest BCUT2D eigenvalue weighted by Gasteiger charge is 2.27. The average Bonchev–Trinajstić information content (AvgIpc) is 3.34. The van der Waals surface area contributed by atoms with Crippen molar-refractivity contribution >= 4 is 26.6 Å². The Morgan fingerprint density at radius 1 is 1.09 bits per heavy atom. The fourth-order valence-electron chi connectivity index (χ4n) is 5.26. The van der Waals surface area contributed by atoms with E-state index in [-0.39, 0.29) is 17.4 Å². The minimum absolute atomic E-state index is 0.133. The Morgan fingerprint density at radius 3 is 2.52 bits per heavy atom.